The SMILES string of the molecule is COC(=O)C1CCC(Cc2ccc(-c3ccc(O)c4c3C[C@@H]3C[C@@H]5[C@@H](N(C)C)C(=O)C(C(N)=O)C(=O)[C@]5(O)C(=O)C3C4=O)cc2)CC1. The number of fused-ring (bicyclic) bond motifs is 3. The Kier molecular flexibility index (Phi) is 8.42. The van der Waals surface area contributed by atoms with Gasteiger partial charge in [0, 0.05) is 5.92 Å². The van der Waals surface area contributed by atoms with Gasteiger partial charge in [-0.25, -0.2) is 0 Å². The lowest BCUT2D eigenvalue weighted by atomic mass is 9.52. The van der Waals surface area contributed by atoms with Crippen molar-refractivity contribution < 1.29 is 43.7 Å². The van der Waals surface area contributed by atoms with E-state index >= 15 is 0 Å². The number of hydrogen-bond acceptors (Lipinski definition) is 10. The quantitative estimate of drug-likeness (QED) is 0.311. The number of nitrogens with two attached hydrogens (primary N) is 1. The van der Waals surface area contributed by atoms with E-state index in [0.717, 1.165) is 48.8 Å². The van der Waals surface area contributed by atoms with Crippen molar-refractivity contribution >= 4 is 35.0 Å². The molecule has 0 radical (unpaired) electrons. The molecule has 0 aromatic heterocycles. The number of ether oxygens (including phenoxy) is 1. The molecule has 0 aliphatic heterocycles. The van der Waals surface area contributed by atoms with E-state index in [4.69, 9.17) is 10.5 Å². The zero-order chi connectivity index (χ0) is 33.9. The van der Waals surface area contributed by atoms with Crippen LogP contribution in [0.3, 0.4) is 0 Å². The molecule has 4 N–H and O–H groups in total. The molecule has 2 unspecified atom stereocenters. The Morgan fingerprint density at radius 3 is 2.23 bits per heavy atom. The van der Waals surface area contributed by atoms with Crippen molar-refractivity contribution in [1.82, 2.24) is 4.90 Å². The first-order valence-electron chi connectivity index (χ1n) is 16.2. The summed E-state index contributed by atoms with van der Waals surface area (Å²) >= 11 is 0. The second-order valence-corrected chi connectivity index (χ2v) is 13.9. The number of methoxy groups -OCH3 is 1. The molecule has 248 valence electrons. The number of benzene rings is 2. The smallest absolute Gasteiger partial charge is 0.308 e. The van der Waals surface area contributed by atoms with E-state index in [1.807, 2.05) is 24.3 Å². The zero-order valence-corrected chi connectivity index (χ0v) is 26.7. The number of likely N-dealkylation sites (N-methyl/N-ethyl adjacent to an activating group) is 1. The lowest BCUT2D eigenvalue weighted by Gasteiger charge is -2.52. The van der Waals surface area contributed by atoms with Crippen LogP contribution < -0.4 is 5.73 Å². The van der Waals surface area contributed by atoms with Crippen LogP contribution in [0, 0.1) is 35.5 Å². The van der Waals surface area contributed by atoms with Gasteiger partial charge in [0.1, 0.15) is 5.75 Å². The Bertz CT molecular complexity index is 1670. The fourth-order valence-corrected chi connectivity index (χ4v) is 8.80. The molecule has 2 aromatic carbocycles. The van der Waals surface area contributed by atoms with E-state index < -0.39 is 64.4 Å². The van der Waals surface area contributed by atoms with Gasteiger partial charge in [0.25, 0.3) is 0 Å². The number of aliphatic hydroxyl groups is 1. The number of amides is 1. The lowest BCUT2D eigenvalue weighted by Crippen LogP contribution is -2.74. The standard InChI is InChI=1S/C36H40N2O9/c1-38(2)29-24-16-21-15-23-22(19-8-4-17(5-9-19)14-18-6-10-20(11-7-18)35(45)47-3)12-13-25(39)27(23)30(40)26(21)32(42)36(24,46)33(43)28(31(29)41)34(37)44/h4-5,8-9,12-13,18,20-21,24,26,28-29,39,46H,6-7,10-11,14-16H2,1-3H3,(H2,37,44)/t18?,20?,21-,24-,26?,28?,29-,36-/m1/s1. The Morgan fingerprint density at radius 2 is 1.64 bits per heavy atom. The summed E-state index contributed by atoms with van der Waals surface area (Å²) in [6.45, 7) is 0. The molecule has 3 saturated carbocycles. The maximum atomic E-state index is 14.0. The minimum absolute atomic E-state index is 0.00382. The van der Waals surface area contributed by atoms with Crippen LogP contribution in [0.15, 0.2) is 36.4 Å². The average molecular weight is 645 g/mol. The summed E-state index contributed by atoms with van der Waals surface area (Å²) in [7, 11) is 4.54. The van der Waals surface area contributed by atoms with Crippen LogP contribution in [0.1, 0.15) is 53.6 Å². The number of ketones is 4. The van der Waals surface area contributed by atoms with Gasteiger partial charge in [-0.15, -0.1) is 0 Å². The summed E-state index contributed by atoms with van der Waals surface area (Å²) in [5, 5.41) is 22.6. The number of rotatable bonds is 6. The van der Waals surface area contributed by atoms with Crippen LogP contribution >= 0.6 is 0 Å². The normalized spacial score (nSPS) is 32.0. The molecule has 4 aliphatic carbocycles. The van der Waals surface area contributed by atoms with E-state index in [9.17, 15) is 39.0 Å². The first-order valence-corrected chi connectivity index (χ1v) is 16.2. The number of phenolic OH excluding ortho intramolecular Hbond substituents is 1. The van der Waals surface area contributed by atoms with E-state index in [0.29, 0.717) is 11.5 Å². The van der Waals surface area contributed by atoms with Gasteiger partial charge in [-0.3, -0.25) is 33.7 Å². The molecular formula is C36H40N2O9. The molecule has 0 saturated heterocycles. The highest BCUT2D eigenvalue weighted by atomic mass is 16.5. The van der Waals surface area contributed by atoms with Crippen LogP contribution in [0.2, 0.25) is 0 Å². The minimum Gasteiger partial charge on any atom is -0.507 e. The molecule has 3 fully saturated rings. The summed E-state index contributed by atoms with van der Waals surface area (Å²) in [6.07, 6.45) is 4.59. The van der Waals surface area contributed by atoms with Crippen molar-refractivity contribution in [3.63, 3.8) is 0 Å². The van der Waals surface area contributed by atoms with Gasteiger partial charge in [0.05, 0.1) is 30.6 Å². The maximum Gasteiger partial charge on any atom is 0.308 e. The van der Waals surface area contributed by atoms with Crippen molar-refractivity contribution in [3.05, 3.63) is 53.1 Å². The monoisotopic (exact) mass is 644 g/mol. The summed E-state index contributed by atoms with van der Waals surface area (Å²) in [4.78, 5) is 80.4. The van der Waals surface area contributed by atoms with Crippen LogP contribution in [-0.4, -0.2) is 83.0 Å². The van der Waals surface area contributed by atoms with Gasteiger partial charge in [-0.1, -0.05) is 30.3 Å². The van der Waals surface area contributed by atoms with E-state index in [1.54, 1.807) is 20.2 Å². The number of Topliss-reactive ketones (excluding diaryl/α,β-unsaturated/α-hetero) is 4. The number of hydrogen-bond donors (Lipinski definition) is 3. The summed E-state index contributed by atoms with van der Waals surface area (Å²) in [5.41, 5.74) is 5.86. The number of nitrogens with zero attached hydrogens (tertiary/aromatic N) is 1. The molecule has 11 nitrogen and oxygen atoms in total. The van der Waals surface area contributed by atoms with Gasteiger partial charge in [0.2, 0.25) is 5.91 Å². The number of esters is 1. The molecule has 1 amide bonds. The van der Waals surface area contributed by atoms with E-state index in [-0.39, 0.29) is 36.0 Å². The highest BCUT2D eigenvalue weighted by molar-refractivity contribution is 6.32. The molecule has 47 heavy (non-hydrogen) atoms. The Balaban J connectivity index is 1.30. The molecule has 6 rings (SSSR count). The van der Waals surface area contributed by atoms with Gasteiger partial charge >= 0.3 is 5.97 Å². The number of carbonyl (C=O) groups is 6. The summed E-state index contributed by atoms with van der Waals surface area (Å²) in [6, 6.07) is 9.99. The fourth-order valence-electron chi connectivity index (χ4n) is 8.80. The number of aromatic hydroxyl groups is 1. The van der Waals surface area contributed by atoms with Crippen molar-refractivity contribution in [2.24, 2.45) is 41.2 Å². The average Bonchev–Trinajstić information content (AvgIpc) is 3.03. The second kappa shape index (κ2) is 12.1. The zero-order valence-electron chi connectivity index (χ0n) is 26.7. The lowest BCUT2D eigenvalue weighted by molar-refractivity contribution is -0.181. The Hall–Kier alpha value is -4.22. The van der Waals surface area contributed by atoms with E-state index in [2.05, 4.69) is 0 Å². The number of primary amides is 1. The largest absolute Gasteiger partial charge is 0.507 e. The summed E-state index contributed by atoms with van der Waals surface area (Å²) < 4.78 is 4.90. The van der Waals surface area contributed by atoms with Crippen molar-refractivity contribution in [3.8, 4) is 16.9 Å². The van der Waals surface area contributed by atoms with Crippen LogP contribution in [-0.2, 0) is 41.6 Å². The highest BCUT2D eigenvalue weighted by Crippen LogP contribution is 2.51. The molecule has 0 heterocycles. The van der Waals surface area contributed by atoms with Crippen LogP contribution in [0.4, 0.5) is 0 Å². The van der Waals surface area contributed by atoms with E-state index in [1.165, 1.54) is 18.1 Å². The van der Waals surface area contributed by atoms with Crippen LogP contribution in [0.25, 0.3) is 11.1 Å². The second-order valence-electron chi connectivity index (χ2n) is 13.9. The van der Waals surface area contributed by atoms with Gasteiger partial charge in [0.15, 0.2) is 34.7 Å². The predicted molar refractivity (Wildman–Crippen MR) is 168 cm³/mol. The molecule has 11 heteroatoms. The Morgan fingerprint density at radius 1 is 0.979 bits per heavy atom. The molecule has 4 aliphatic rings. The minimum atomic E-state index is -2.75. The molecular weight excluding hydrogens is 604 g/mol. The maximum absolute atomic E-state index is 14.0. The first kappa shape index (κ1) is 32.7. The Labute approximate surface area is 272 Å². The first-order chi connectivity index (χ1) is 22.3. The fraction of sp³-hybridized carbons (Fsp3) is 0.500. The topological polar surface area (TPSA) is 181 Å². The van der Waals surface area contributed by atoms with Crippen LogP contribution in [0.5, 0.6) is 5.75 Å². The molecule has 6 atom stereocenters. The van der Waals surface area contributed by atoms with Gasteiger partial charge in [-0.2, -0.15) is 0 Å². The molecule has 0 bridgehead atoms. The van der Waals surface area contributed by atoms with Gasteiger partial charge in [-0.05, 0) is 99.2 Å². The predicted octanol–water partition coefficient (Wildman–Crippen LogP) is 2.06. The molecule has 0 spiro atoms. The van der Waals surface area contributed by atoms with Crippen molar-refractivity contribution in [1.29, 1.82) is 0 Å². The third-order valence-corrected chi connectivity index (χ3v) is 11.1. The third kappa shape index (κ3) is 5.20. The number of carbonyl (C=O) groups excluding carboxylic acids is 6. The van der Waals surface area contributed by atoms with Crippen molar-refractivity contribution in [2.45, 2.75) is 56.6 Å². The number of phenols is 1. The highest BCUT2D eigenvalue weighted by Gasteiger charge is 2.69. The molecule has 2 aromatic rings. The summed E-state index contributed by atoms with van der Waals surface area (Å²) in [5.74, 6) is -10.4. The van der Waals surface area contributed by atoms with Crippen molar-refractivity contribution in [2.75, 3.05) is 21.2 Å². The third-order valence-electron chi connectivity index (χ3n) is 11.1. The van der Waals surface area contributed by atoms with Gasteiger partial charge < -0.3 is 20.7 Å².